The van der Waals surface area contributed by atoms with E-state index in [1.807, 2.05) is 0 Å². The van der Waals surface area contributed by atoms with Gasteiger partial charge >= 0.3 is 39.5 Å². The van der Waals surface area contributed by atoms with E-state index in [0.29, 0.717) is 31.6 Å². The van der Waals surface area contributed by atoms with Gasteiger partial charge in [0.1, 0.15) is 19.3 Å². The van der Waals surface area contributed by atoms with Crippen molar-refractivity contribution in [2.75, 3.05) is 39.6 Å². The van der Waals surface area contributed by atoms with Crippen LogP contribution < -0.4 is 0 Å². The molecule has 0 spiro atoms. The SMILES string of the molecule is CCCCCCCCCCCCCCCCCCCCC(=O)O[C@H](COC(=O)CCCCCCCCC(C)C)COP(=O)(O)OC[C@H](O)COP(=O)(O)OC[C@@H](COC(=O)CCCCCCCCCCCCCCCCCCCCC(C)C)OC(=O)CCCCCCCCCCCCCCCCCCCCC(C)C. The number of phosphoric ester groups is 2. The Balaban J connectivity index is 5.20. The van der Waals surface area contributed by atoms with Gasteiger partial charge in [0, 0.05) is 25.7 Å². The smallest absolute Gasteiger partial charge is 0.462 e. The standard InChI is InChI=1S/C90H176O17P2/c1-8-9-10-11-12-13-14-15-16-17-24-30-35-40-45-50-59-67-74-90(95)107-86(78-101-88(93)72-65-58-53-52-56-63-70-83(6)7)80-105-109(98,99)103-76-84(91)75-102-108(96,97)104-79-85(106-89(94)73-66-60-51-46-41-36-31-26-21-19-23-28-33-38-43-48-55-62-69-82(4)5)77-100-87(92)71-64-57-49-44-39-34-29-25-20-18-22-27-32-37-42-47-54-61-68-81(2)3/h81-86,91H,8-80H2,1-7H3,(H,96,97)(H,98,99)/t84-,85-,86-/m1/s1. The van der Waals surface area contributed by atoms with Crippen LogP contribution in [-0.2, 0) is 65.4 Å². The van der Waals surface area contributed by atoms with Gasteiger partial charge in [0.15, 0.2) is 12.2 Å². The minimum Gasteiger partial charge on any atom is -0.462 e. The highest BCUT2D eigenvalue weighted by Gasteiger charge is 2.31. The number of aliphatic hydroxyl groups excluding tert-OH is 1. The van der Waals surface area contributed by atoms with Crippen molar-refractivity contribution < 1.29 is 80.2 Å². The van der Waals surface area contributed by atoms with Crippen molar-refractivity contribution >= 4 is 39.5 Å². The maximum absolute atomic E-state index is 13.2. The molecule has 109 heavy (non-hydrogen) atoms. The van der Waals surface area contributed by atoms with Crippen LogP contribution in [0.25, 0.3) is 0 Å². The first kappa shape index (κ1) is 107. The Bertz CT molecular complexity index is 2100. The van der Waals surface area contributed by atoms with E-state index in [4.69, 9.17) is 37.0 Å². The lowest BCUT2D eigenvalue weighted by molar-refractivity contribution is -0.161. The van der Waals surface area contributed by atoms with Crippen molar-refractivity contribution in [2.45, 2.75) is 497 Å². The van der Waals surface area contributed by atoms with Gasteiger partial charge in [-0.05, 0) is 43.4 Å². The van der Waals surface area contributed by atoms with Crippen LogP contribution in [0, 0.1) is 17.8 Å². The average Bonchev–Trinajstić information content (AvgIpc) is 0.899. The van der Waals surface area contributed by atoms with Crippen LogP contribution in [-0.4, -0.2) is 96.7 Å². The summed E-state index contributed by atoms with van der Waals surface area (Å²) in [4.78, 5) is 73.3. The quantitative estimate of drug-likeness (QED) is 0.0222. The lowest BCUT2D eigenvalue weighted by Gasteiger charge is -2.21. The van der Waals surface area contributed by atoms with Crippen molar-refractivity contribution in [3.63, 3.8) is 0 Å². The number of carbonyl (C=O) groups excluding carboxylic acids is 4. The molecule has 0 saturated heterocycles. The monoisotopic (exact) mass is 1590 g/mol. The summed E-state index contributed by atoms with van der Waals surface area (Å²) < 4.78 is 69.0. The number of hydrogen-bond donors (Lipinski definition) is 3. The number of hydrogen-bond acceptors (Lipinski definition) is 15. The summed E-state index contributed by atoms with van der Waals surface area (Å²) >= 11 is 0. The first-order chi connectivity index (χ1) is 52.7. The molecular formula is C90H176O17P2. The summed E-state index contributed by atoms with van der Waals surface area (Å²) in [5, 5.41) is 10.7. The molecule has 0 aromatic rings. The number of unbranched alkanes of at least 4 members (excludes halogenated alkanes) is 56. The molecule has 19 heteroatoms. The van der Waals surface area contributed by atoms with E-state index in [9.17, 15) is 43.2 Å². The topological polar surface area (TPSA) is 237 Å². The number of rotatable bonds is 88. The summed E-state index contributed by atoms with van der Waals surface area (Å²) in [6.45, 7) is 12.0. The highest BCUT2D eigenvalue weighted by atomic mass is 31.2. The zero-order valence-electron chi connectivity index (χ0n) is 72.0. The molecule has 0 saturated carbocycles. The Kier molecular flexibility index (Phi) is 78.5. The summed E-state index contributed by atoms with van der Waals surface area (Å²) in [7, 11) is -9.93. The minimum atomic E-state index is -4.97. The van der Waals surface area contributed by atoms with Crippen molar-refractivity contribution in [2.24, 2.45) is 17.8 Å². The van der Waals surface area contributed by atoms with Gasteiger partial charge in [0.25, 0.3) is 0 Å². The molecule has 0 aromatic heterocycles. The van der Waals surface area contributed by atoms with E-state index in [2.05, 4.69) is 48.5 Å². The first-order valence-electron chi connectivity index (χ1n) is 46.3. The fraction of sp³-hybridized carbons (Fsp3) is 0.956. The molecule has 3 N–H and O–H groups in total. The van der Waals surface area contributed by atoms with Crippen molar-refractivity contribution in [3.8, 4) is 0 Å². The van der Waals surface area contributed by atoms with Crippen molar-refractivity contribution in [1.82, 2.24) is 0 Å². The minimum absolute atomic E-state index is 0.108. The maximum Gasteiger partial charge on any atom is 0.472 e. The third-order valence-electron chi connectivity index (χ3n) is 21.1. The summed E-state index contributed by atoms with van der Waals surface area (Å²) in [5.41, 5.74) is 0. The third-order valence-corrected chi connectivity index (χ3v) is 23.0. The first-order valence-corrected chi connectivity index (χ1v) is 49.3. The molecule has 0 rings (SSSR count). The van der Waals surface area contributed by atoms with Crippen LogP contribution in [0.3, 0.4) is 0 Å². The molecule has 0 radical (unpaired) electrons. The fourth-order valence-corrected chi connectivity index (χ4v) is 15.7. The number of ether oxygens (including phenoxy) is 4. The van der Waals surface area contributed by atoms with Crippen LogP contribution in [0.5, 0.6) is 0 Å². The molecule has 0 aliphatic heterocycles. The average molecular weight is 1590 g/mol. The van der Waals surface area contributed by atoms with Gasteiger partial charge in [-0.25, -0.2) is 9.13 Å². The summed E-state index contributed by atoms with van der Waals surface area (Å²) in [6, 6.07) is 0. The lowest BCUT2D eigenvalue weighted by atomic mass is 10.0. The second-order valence-electron chi connectivity index (χ2n) is 33.8. The molecule has 0 amide bonds. The molecular weight excluding hydrogens is 1410 g/mol. The molecule has 0 aromatic carbocycles. The maximum atomic E-state index is 13.2. The van der Waals surface area contributed by atoms with Gasteiger partial charge in [-0.3, -0.25) is 37.3 Å². The van der Waals surface area contributed by atoms with Gasteiger partial charge in [0.2, 0.25) is 0 Å². The van der Waals surface area contributed by atoms with Crippen LogP contribution in [0.15, 0.2) is 0 Å². The summed E-state index contributed by atoms with van der Waals surface area (Å²) in [5.74, 6) is 0.220. The predicted molar refractivity (Wildman–Crippen MR) is 451 cm³/mol. The van der Waals surface area contributed by atoms with Gasteiger partial charge in [-0.15, -0.1) is 0 Å². The van der Waals surface area contributed by atoms with Crippen LogP contribution in [0.2, 0.25) is 0 Å². The van der Waals surface area contributed by atoms with E-state index < -0.39 is 97.5 Å². The summed E-state index contributed by atoms with van der Waals surface area (Å²) in [6.07, 6.45) is 72.5. The molecule has 0 aliphatic carbocycles. The Morgan fingerprint density at radius 3 is 0.624 bits per heavy atom. The molecule has 0 bridgehead atoms. The van der Waals surface area contributed by atoms with Crippen molar-refractivity contribution in [1.29, 1.82) is 0 Å². The molecule has 648 valence electrons. The second kappa shape index (κ2) is 79.9. The van der Waals surface area contributed by atoms with Crippen LogP contribution >= 0.6 is 15.6 Å². The van der Waals surface area contributed by atoms with Gasteiger partial charge in [-0.1, -0.05) is 427 Å². The fourth-order valence-electron chi connectivity index (χ4n) is 14.1. The lowest BCUT2D eigenvalue weighted by Crippen LogP contribution is -2.30. The normalized spacial score (nSPS) is 13.8. The van der Waals surface area contributed by atoms with Crippen LogP contribution in [0.4, 0.5) is 0 Å². The Morgan fingerprint density at radius 2 is 0.422 bits per heavy atom. The molecule has 0 heterocycles. The number of aliphatic hydroxyl groups is 1. The van der Waals surface area contributed by atoms with Gasteiger partial charge in [-0.2, -0.15) is 0 Å². The highest BCUT2D eigenvalue weighted by Crippen LogP contribution is 2.45. The van der Waals surface area contributed by atoms with E-state index in [1.54, 1.807) is 0 Å². The van der Waals surface area contributed by atoms with Crippen LogP contribution in [0.1, 0.15) is 479 Å². The molecule has 2 unspecified atom stereocenters. The molecule has 0 aliphatic rings. The Hall–Kier alpha value is -1.94. The molecule has 0 fully saturated rings. The largest absolute Gasteiger partial charge is 0.472 e. The van der Waals surface area contributed by atoms with Gasteiger partial charge < -0.3 is 33.8 Å². The molecule has 5 atom stereocenters. The number of esters is 4. The third kappa shape index (κ3) is 83.8. The predicted octanol–water partition coefficient (Wildman–Crippen LogP) is 27.6. The van der Waals surface area contributed by atoms with Crippen molar-refractivity contribution in [3.05, 3.63) is 0 Å². The van der Waals surface area contributed by atoms with E-state index >= 15 is 0 Å². The van der Waals surface area contributed by atoms with E-state index in [1.165, 1.54) is 283 Å². The van der Waals surface area contributed by atoms with E-state index in [0.717, 1.165) is 108 Å². The second-order valence-corrected chi connectivity index (χ2v) is 36.7. The zero-order valence-corrected chi connectivity index (χ0v) is 73.8. The highest BCUT2D eigenvalue weighted by molar-refractivity contribution is 7.47. The van der Waals surface area contributed by atoms with E-state index in [-0.39, 0.29) is 25.7 Å². The number of carbonyl (C=O) groups is 4. The van der Waals surface area contributed by atoms with Gasteiger partial charge in [0.05, 0.1) is 26.4 Å². The zero-order chi connectivity index (χ0) is 80.0. The number of phosphoric acid groups is 2. The Morgan fingerprint density at radius 1 is 0.248 bits per heavy atom. The molecule has 17 nitrogen and oxygen atoms in total. The Labute approximate surface area is 670 Å².